The van der Waals surface area contributed by atoms with Gasteiger partial charge in [-0.15, -0.1) is 5.10 Å². The van der Waals surface area contributed by atoms with Gasteiger partial charge >= 0.3 is 6.03 Å². The lowest BCUT2D eigenvalue weighted by atomic mass is 10.1. The number of aromatic nitrogens is 2. The summed E-state index contributed by atoms with van der Waals surface area (Å²) in [5.41, 5.74) is 2.46. The number of nitrogens with one attached hydrogen (secondary N) is 2. The molecule has 1 aromatic heterocycles. The number of rotatable bonds is 5. The topological polar surface area (TPSA) is 90.7 Å². The summed E-state index contributed by atoms with van der Waals surface area (Å²) in [5.74, 6) is 0. The number of carbonyl (C=O) groups is 1. The van der Waals surface area contributed by atoms with E-state index in [2.05, 4.69) is 26.3 Å². The fraction of sp³-hybridized carbons (Fsp3) is 0.286. The Bertz CT molecular complexity index is 618. The molecule has 1 unspecified atom stereocenters. The lowest BCUT2D eigenvalue weighted by molar-refractivity contribution is 0.238. The van der Waals surface area contributed by atoms with E-state index in [1.54, 1.807) is 12.1 Å². The normalized spacial score (nSPS) is 11.4. The van der Waals surface area contributed by atoms with Crippen LogP contribution in [0.1, 0.15) is 29.8 Å². The van der Waals surface area contributed by atoms with Crippen molar-refractivity contribution in [2.24, 2.45) is 0 Å². The SMILES string of the molecule is CC(NC(=O)NCCc1ccc(C#N)cc1)c1csnn1. The maximum atomic E-state index is 11.7. The van der Waals surface area contributed by atoms with Crippen molar-refractivity contribution in [3.8, 4) is 6.07 Å². The Kier molecular flexibility index (Phi) is 5.23. The first-order valence-corrected chi connectivity index (χ1v) is 7.33. The largest absolute Gasteiger partial charge is 0.338 e. The zero-order valence-corrected chi connectivity index (χ0v) is 12.4. The highest BCUT2D eigenvalue weighted by Crippen LogP contribution is 2.09. The number of hydrogen-bond donors (Lipinski definition) is 2. The molecule has 21 heavy (non-hydrogen) atoms. The van der Waals surface area contributed by atoms with E-state index in [-0.39, 0.29) is 12.1 Å². The number of benzene rings is 1. The molecule has 2 N–H and O–H groups in total. The minimum Gasteiger partial charge on any atom is -0.338 e. The highest BCUT2D eigenvalue weighted by Gasteiger charge is 2.11. The molecule has 2 amide bonds. The number of carbonyl (C=O) groups excluding carboxylic acids is 1. The number of nitrogens with zero attached hydrogens (tertiary/aromatic N) is 3. The first kappa shape index (κ1) is 14.9. The van der Waals surface area contributed by atoms with Crippen LogP contribution in [0.2, 0.25) is 0 Å². The van der Waals surface area contributed by atoms with E-state index in [4.69, 9.17) is 5.26 Å². The van der Waals surface area contributed by atoms with Crippen LogP contribution in [0.3, 0.4) is 0 Å². The van der Waals surface area contributed by atoms with Crippen LogP contribution >= 0.6 is 11.5 Å². The number of amides is 2. The Balaban J connectivity index is 1.72. The van der Waals surface area contributed by atoms with Crippen molar-refractivity contribution in [3.05, 3.63) is 46.5 Å². The van der Waals surface area contributed by atoms with Gasteiger partial charge in [-0.25, -0.2) is 4.79 Å². The van der Waals surface area contributed by atoms with Crippen LogP contribution < -0.4 is 10.6 Å². The molecule has 108 valence electrons. The van der Waals surface area contributed by atoms with E-state index in [1.807, 2.05) is 24.4 Å². The van der Waals surface area contributed by atoms with E-state index in [0.29, 0.717) is 18.5 Å². The maximum Gasteiger partial charge on any atom is 0.315 e. The van der Waals surface area contributed by atoms with Gasteiger partial charge < -0.3 is 10.6 Å². The zero-order valence-electron chi connectivity index (χ0n) is 11.5. The summed E-state index contributed by atoms with van der Waals surface area (Å²) in [6.07, 6.45) is 0.714. The third kappa shape index (κ3) is 4.54. The molecule has 7 heteroatoms. The molecule has 1 heterocycles. The van der Waals surface area contributed by atoms with Crippen molar-refractivity contribution in [2.45, 2.75) is 19.4 Å². The summed E-state index contributed by atoms with van der Waals surface area (Å²) in [6.45, 7) is 2.39. The first-order valence-electron chi connectivity index (χ1n) is 6.49. The summed E-state index contributed by atoms with van der Waals surface area (Å²) >= 11 is 1.26. The molecule has 2 rings (SSSR count). The predicted molar refractivity (Wildman–Crippen MR) is 79.7 cm³/mol. The zero-order chi connectivity index (χ0) is 15.1. The third-order valence-corrected chi connectivity index (χ3v) is 3.47. The summed E-state index contributed by atoms with van der Waals surface area (Å²) in [6, 6.07) is 9.00. The van der Waals surface area contributed by atoms with Crippen LogP contribution in [0.4, 0.5) is 4.79 Å². The molecule has 2 aromatic rings. The summed E-state index contributed by atoms with van der Waals surface area (Å²) in [5, 5.41) is 20.0. The molecular weight excluding hydrogens is 286 g/mol. The third-order valence-electron chi connectivity index (χ3n) is 2.95. The number of hydrogen-bond acceptors (Lipinski definition) is 5. The van der Waals surface area contributed by atoms with Crippen molar-refractivity contribution in [1.29, 1.82) is 5.26 Å². The van der Waals surface area contributed by atoms with Gasteiger partial charge in [-0.1, -0.05) is 16.6 Å². The van der Waals surface area contributed by atoms with E-state index in [9.17, 15) is 4.79 Å². The second-order valence-corrected chi connectivity index (χ2v) is 5.12. The fourth-order valence-corrected chi connectivity index (χ4v) is 2.30. The lowest BCUT2D eigenvalue weighted by Crippen LogP contribution is -2.38. The molecule has 1 aromatic carbocycles. The number of urea groups is 1. The minimum absolute atomic E-state index is 0.168. The Morgan fingerprint density at radius 1 is 1.43 bits per heavy atom. The second kappa shape index (κ2) is 7.36. The summed E-state index contributed by atoms with van der Waals surface area (Å²) in [4.78, 5) is 11.7. The Labute approximate surface area is 127 Å². The van der Waals surface area contributed by atoms with Crippen LogP contribution in [0.15, 0.2) is 29.6 Å². The van der Waals surface area contributed by atoms with Crippen molar-refractivity contribution in [1.82, 2.24) is 20.2 Å². The van der Waals surface area contributed by atoms with Crippen LogP contribution in [-0.4, -0.2) is 22.2 Å². The average Bonchev–Trinajstić information content (AvgIpc) is 3.02. The van der Waals surface area contributed by atoms with Crippen LogP contribution in [0, 0.1) is 11.3 Å². The molecule has 0 aliphatic rings. The minimum atomic E-state index is -0.232. The van der Waals surface area contributed by atoms with Gasteiger partial charge in [0.25, 0.3) is 0 Å². The van der Waals surface area contributed by atoms with Gasteiger partial charge in [-0.2, -0.15) is 5.26 Å². The van der Waals surface area contributed by atoms with Crippen molar-refractivity contribution >= 4 is 17.6 Å². The quantitative estimate of drug-likeness (QED) is 0.884. The van der Waals surface area contributed by atoms with Gasteiger partial charge in [0.05, 0.1) is 23.4 Å². The molecule has 0 fully saturated rings. The first-order chi connectivity index (χ1) is 10.2. The van der Waals surface area contributed by atoms with E-state index in [0.717, 1.165) is 11.3 Å². The average molecular weight is 301 g/mol. The fourth-order valence-electron chi connectivity index (χ4n) is 1.75. The molecule has 0 saturated carbocycles. The van der Waals surface area contributed by atoms with Gasteiger partial charge in [0, 0.05) is 11.9 Å². The molecule has 0 bridgehead atoms. The predicted octanol–water partition coefficient (Wildman–Crippen LogP) is 2.01. The van der Waals surface area contributed by atoms with E-state index < -0.39 is 0 Å². The Morgan fingerprint density at radius 2 is 2.19 bits per heavy atom. The Hall–Kier alpha value is -2.46. The van der Waals surface area contributed by atoms with Gasteiger partial charge in [0.1, 0.15) is 0 Å². The molecule has 0 spiro atoms. The summed E-state index contributed by atoms with van der Waals surface area (Å²) in [7, 11) is 0. The van der Waals surface area contributed by atoms with Gasteiger partial charge in [-0.3, -0.25) is 0 Å². The van der Waals surface area contributed by atoms with Crippen LogP contribution in [0.5, 0.6) is 0 Å². The van der Waals surface area contributed by atoms with Crippen molar-refractivity contribution < 1.29 is 4.79 Å². The van der Waals surface area contributed by atoms with Gasteiger partial charge in [0.2, 0.25) is 0 Å². The number of nitriles is 1. The van der Waals surface area contributed by atoms with E-state index in [1.165, 1.54) is 11.5 Å². The molecule has 0 saturated heterocycles. The lowest BCUT2D eigenvalue weighted by Gasteiger charge is -2.12. The van der Waals surface area contributed by atoms with E-state index >= 15 is 0 Å². The second-order valence-electron chi connectivity index (χ2n) is 4.51. The molecule has 0 radical (unpaired) electrons. The standard InChI is InChI=1S/C14H15N5OS/c1-10(13-9-21-19-18-13)17-14(20)16-7-6-11-2-4-12(8-15)5-3-11/h2-5,9-10H,6-7H2,1H3,(H2,16,17,20). The highest BCUT2D eigenvalue weighted by atomic mass is 32.1. The smallest absolute Gasteiger partial charge is 0.315 e. The monoisotopic (exact) mass is 301 g/mol. The summed E-state index contributed by atoms with van der Waals surface area (Å²) < 4.78 is 3.76. The molecular formula is C14H15N5OS. The van der Waals surface area contributed by atoms with Crippen LogP contribution in [-0.2, 0) is 6.42 Å². The van der Waals surface area contributed by atoms with Crippen LogP contribution in [0.25, 0.3) is 0 Å². The molecule has 6 nitrogen and oxygen atoms in total. The molecule has 1 atom stereocenters. The van der Waals surface area contributed by atoms with Crippen molar-refractivity contribution in [2.75, 3.05) is 6.54 Å². The van der Waals surface area contributed by atoms with Crippen molar-refractivity contribution in [3.63, 3.8) is 0 Å². The van der Waals surface area contributed by atoms with Gasteiger partial charge in [-0.05, 0) is 42.6 Å². The molecule has 0 aliphatic heterocycles. The highest BCUT2D eigenvalue weighted by molar-refractivity contribution is 7.03. The Morgan fingerprint density at radius 3 is 2.81 bits per heavy atom. The maximum absolute atomic E-state index is 11.7. The van der Waals surface area contributed by atoms with Gasteiger partial charge in [0.15, 0.2) is 0 Å². The molecule has 0 aliphatic carbocycles.